The molecule has 1 aliphatic rings. The second-order valence-corrected chi connectivity index (χ2v) is 5.52. The number of amides is 1. The molecule has 0 spiro atoms. The first-order valence-corrected chi connectivity index (χ1v) is 6.96. The van der Waals surface area contributed by atoms with E-state index in [-0.39, 0.29) is 5.91 Å². The molecule has 0 radical (unpaired) electrons. The minimum absolute atomic E-state index is 0.0991. The van der Waals surface area contributed by atoms with Crippen molar-refractivity contribution < 1.29 is 4.79 Å². The molecule has 0 saturated carbocycles. The van der Waals surface area contributed by atoms with Gasteiger partial charge in [-0.1, -0.05) is 13.8 Å². The van der Waals surface area contributed by atoms with Gasteiger partial charge in [0, 0.05) is 45.8 Å². The zero-order chi connectivity index (χ0) is 13.4. The van der Waals surface area contributed by atoms with E-state index in [1.165, 1.54) is 0 Å². The van der Waals surface area contributed by atoms with Crippen LogP contribution in [0.5, 0.6) is 0 Å². The lowest BCUT2D eigenvalue weighted by molar-refractivity contribution is -0.120. The molecule has 0 atom stereocenters. The van der Waals surface area contributed by atoms with Crippen LogP contribution in [-0.4, -0.2) is 75.1 Å². The lowest BCUT2D eigenvalue weighted by atomic mass is 10.2. The molecule has 1 heterocycles. The summed E-state index contributed by atoms with van der Waals surface area (Å²) in [4.78, 5) is 16.2. The molecule has 1 rings (SSSR count). The van der Waals surface area contributed by atoms with Crippen molar-refractivity contribution in [2.75, 3.05) is 59.4 Å². The number of carbonyl (C=O) groups is 1. The van der Waals surface area contributed by atoms with E-state index in [1.807, 2.05) is 0 Å². The summed E-state index contributed by atoms with van der Waals surface area (Å²) < 4.78 is 0. The molecule has 5 nitrogen and oxygen atoms in total. The van der Waals surface area contributed by atoms with Gasteiger partial charge < -0.3 is 15.5 Å². The van der Waals surface area contributed by atoms with Crippen LogP contribution >= 0.6 is 0 Å². The first-order chi connectivity index (χ1) is 8.58. The standard InChI is InChI=1S/C13H28N4O/c1-12(2)10-15-13(18)11-14-4-5-17-8-6-16(3)7-9-17/h12,14H,4-11H2,1-3H3,(H,15,18). The highest BCUT2D eigenvalue weighted by atomic mass is 16.1. The monoisotopic (exact) mass is 256 g/mol. The largest absolute Gasteiger partial charge is 0.355 e. The normalized spacial score (nSPS) is 18.2. The van der Waals surface area contributed by atoms with Gasteiger partial charge in [-0.2, -0.15) is 0 Å². The third-order valence-electron chi connectivity index (χ3n) is 3.19. The molecule has 0 aromatic rings. The highest BCUT2D eigenvalue weighted by Gasteiger charge is 2.12. The number of carbonyl (C=O) groups excluding carboxylic acids is 1. The van der Waals surface area contributed by atoms with Crippen LogP contribution in [0.1, 0.15) is 13.8 Å². The maximum Gasteiger partial charge on any atom is 0.233 e. The molecule has 0 aromatic carbocycles. The molecule has 1 fully saturated rings. The molecule has 106 valence electrons. The Hall–Kier alpha value is -0.650. The molecule has 2 N–H and O–H groups in total. The topological polar surface area (TPSA) is 47.6 Å². The van der Waals surface area contributed by atoms with Crippen LogP contribution in [0.25, 0.3) is 0 Å². The van der Waals surface area contributed by atoms with Crippen LogP contribution in [0.3, 0.4) is 0 Å². The minimum Gasteiger partial charge on any atom is -0.355 e. The van der Waals surface area contributed by atoms with Crippen molar-refractivity contribution in [1.29, 1.82) is 0 Å². The van der Waals surface area contributed by atoms with E-state index < -0.39 is 0 Å². The van der Waals surface area contributed by atoms with Gasteiger partial charge in [-0.25, -0.2) is 0 Å². The average Bonchev–Trinajstić information content (AvgIpc) is 2.34. The first kappa shape index (κ1) is 15.4. The third kappa shape index (κ3) is 6.93. The van der Waals surface area contributed by atoms with Crippen molar-refractivity contribution in [3.05, 3.63) is 0 Å². The van der Waals surface area contributed by atoms with Gasteiger partial charge in [-0.05, 0) is 13.0 Å². The van der Waals surface area contributed by atoms with Gasteiger partial charge in [0.25, 0.3) is 0 Å². The summed E-state index contributed by atoms with van der Waals surface area (Å²) in [5.41, 5.74) is 0. The molecule has 18 heavy (non-hydrogen) atoms. The number of likely N-dealkylation sites (N-methyl/N-ethyl adjacent to an activating group) is 1. The fraction of sp³-hybridized carbons (Fsp3) is 0.923. The lowest BCUT2D eigenvalue weighted by Crippen LogP contribution is -2.47. The SMILES string of the molecule is CC(C)CNC(=O)CNCCN1CCN(C)CC1. The number of nitrogens with one attached hydrogen (secondary N) is 2. The summed E-state index contributed by atoms with van der Waals surface area (Å²) in [6.07, 6.45) is 0. The Bertz CT molecular complexity index is 237. The molecular formula is C13H28N4O. The highest BCUT2D eigenvalue weighted by molar-refractivity contribution is 5.77. The van der Waals surface area contributed by atoms with Crippen LogP contribution in [0.15, 0.2) is 0 Å². The first-order valence-electron chi connectivity index (χ1n) is 6.96. The Labute approximate surface area is 111 Å². The van der Waals surface area contributed by atoms with Crippen molar-refractivity contribution in [2.45, 2.75) is 13.8 Å². The van der Waals surface area contributed by atoms with Gasteiger partial charge in [-0.3, -0.25) is 9.69 Å². The Morgan fingerprint density at radius 1 is 1.22 bits per heavy atom. The van der Waals surface area contributed by atoms with Crippen molar-refractivity contribution in [1.82, 2.24) is 20.4 Å². The number of rotatable bonds is 7. The van der Waals surface area contributed by atoms with Crippen LogP contribution in [0.4, 0.5) is 0 Å². The molecule has 0 aliphatic carbocycles. The molecular weight excluding hydrogens is 228 g/mol. The predicted molar refractivity (Wildman–Crippen MR) is 74.7 cm³/mol. The van der Waals surface area contributed by atoms with E-state index in [1.54, 1.807) is 0 Å². The molecule has 0 unspecified atom stereocenters. The van der Waals surface area contributed by atoms with Crippen LogP contribution < -0.4 is 10.6 Å². The van der Waals surface area contributed by atoms with E-state index in [4.69, 9.17) is 0 Å². The molecule has 5 heteroatoms. The van der Waals surface area contributed by atoms with Gasteiger partial charge in [0.15, 0.2) is 0 Å². The number of hydrogen-bond donors (Lipinski definition) is 2. The number of piperazine rings is 1. The highest BCUT2D eigenvalue weighted by Crippen LogP contribution is 1.97. The molecule has 1 amide bonds. The predicted octanol–water partition coefficient (Wildman–Crippen LogP) is -0.404. The maximum absolute atomic E-state index is 11.4. The fourth-order valence-corrected chi connectivity index (χ4v) is 1.89. The molecule has 0 aromatic heterocycles. The van der Waals surface area contributed by atoms with Gasteiger partial charge in [0.2, 0.25) is 5.91 Å². The van der Waals surface area contributed by atoms with E-state index >= 15 is 0 Å². The van der Waals surface area contributed by atoms with Crippen LogP contribution in [0, 0.1) is 5.92 Å². The maximum atomic E-state index is 11.4. The Morgan fingerprint density at radius 2 is 1.89 bits per heavy atom. The van der Waals surface area contributed by atoms with Gasteiger partial charge in [-0.15, -0.1) is 0 Å². The molecule has 0 bridgehead atoms. The number of hydrogen-bond acceptors (Lipinski definition) is 4. The summed E-state index contributed by atoms with van der Waals surface area (Å²) in [5.74, 6) is 0.612. The lowest BCUT2D eigenvalue weighted by Gasteiger charge is -2.32. The molecule has 1 saturated heterocycles. The van der Waals surface area contributed by atoms with Crippen molar-refractivity contribution in [2.24, 2.45) is 5.92 Å². The summed E-state index contributed by atoms with van der Waals surface area (Å²) >= 11 is 0. The minimum atomic E-state index is 0.0991. The quantitative estimate of drug-likeness (QED) is 0.608. The zero-order valence-electron chi connectivity index (χ0n) is 12.0. The Kier molecular flexibility index (Phi) is 7.23. The van der Waals surface area contributed by atoms with Crippen molar-refractivity contribution in [3.8, 4) is 0 Å². The average molecular weight is 256 g/mol. The van der Waals surface area contributed by atoms with Gasteiger partial charge in [0.05, 0.1) is 6.54 Å². The van der Waals surface area contributed by atoms with Gasteiger partial charge in [0.1, 0.15) is 0 Å². The Morgan fingerprint density at radius 3 is 2.50 bits per heavy atom. The smallest absolute Gasteiger partial charge is 0.233 e. The van der Waals surface area contributed by atoms with Crippen molar-refractivity contribution in [3.63, 3.8) is 0 Å². The third-order valence-corrected chi connectivity index (χ3v) is 3.19. The van der Waals surface area contributed by atoms with Crippen LogP contribution in [0.2, 0.25) is 0 Å². The zero-order valence-corrected chi connectivity index (χ0v) is 12.0. The second kappa shape index (κ2) is 8.45. The second-order valence-electron chi connectivity index (χ2n) is 5.52. The van der Waals surface area contributed by atoms with E-state index in [2.05, 4.69) is 41.3 Å². The van der Waals surface area contributed by atoms with Crippen molar-refractivity contribution >= 4 is 5.91 Å². The molecule has 1 aliphatic heterocycles. The van der Waals surface area contributed by atoms with E-state index in [0.717, 1.165) is 45.8 Å². The fourth-order valence-electron chi connectivity index (χ4n) is 1.89. The van der Waals surface area contributed by atoms with E-state index in [0.29, 0.717) is 12.5 Å². The van der Waals surface area contributed by atoms with E-state index in [9.17, 15) is 4.79 Å². The Balaban J connectivity index is 1.96. The summed E-state index contributed by atoms with van der Waals surface area (Å²) in [5, 5.41) is 6.10. The number of nitrogens with zero attached hydrogens (tertiary/aromatic N) is 2. The van der Waals surface area contributed by atoms with Gasteiger partial charge >= 0.3 is 0 Å². The summed E-state index contributed by atoms with van der Waals surface area (Å²) in [7, 11) is 2.16. The summed E-state index contributed by atoms with van der Waals surface area (Å²) in [6.45, 7) is 11.9. The van der Waals surface area contributed by atoms with Crippen LogP contribution in [-0.2, 0) is 4.79 Å². The summed E-state index contributed by atoms with van der Waals surface area (Å²) in [6, 6.07) is 0.